The molecule has 0 bridgehead atoms. The van der Waals surface area contributed by atoms with Crippen molar-refractivity contribution in [3.8, 4) is 0 Å². The van der Waals surface area contributed by atoms with Crippen LogP contribution in [-0.2, 0) is 13.0 Å². The summed E-state index contributed by atoms with van der Waals surface area (Å²) in [5.74, 6) is 0.978. The van der Waals surface area contributed by atoms with Crippen LogP contribution in [0, 0.1) is 6.92 Å². The van der Waals surface area contributed by atoms with Crippen LogP contribution in [0.5, 0.6) is 0 Å². The quantitative estimate of drug-likeness (QED) is 0.858. The molecule has 0 spiro atoms. The average Bonchev–Trinajstić information content (AvgIpc) is 2.89. The number of rotatable bonds is 2. The third-order valence-electron chi connectivity index (χ3n) is 3.31. The van der Waals surface area contributed by atoms with Crippen molar-refractivity contribution < 1.29 is 4.79 Å². The summed E-state index contributed by atoms with van der Waals surface area (Å²) in [6, 6.07) is 3.54. The summed E-state index contributed by atoms with van der Waals surface area (Å²) >= 11 is 0. The molecule has 2 aromatic heterocycles. The Morgan fingerprint density at radius 1 is 1.40 bits per heavy atom. The van der Waals surface area contributed by atoms with Gasteiger partial charge in [0.15, 0.2) is 0 Å². The maximum Gasteiger partial charge on any atom is 0.319 e. The fourth-order valence-electron chi connectivity index (χ4n) is 2.25. The zero-order valence-electron chi connectivity index (χ0n) is 11.2. The first-order valence-electron chi connectivity index (χ1n) is 6.57. The number of carbonyl (C=O) groups excluding carboxylic acids is 1. The topological polar surface area (TPSA) is 84.7 Å². The largest absolute Gasteiger partial charge is 0.333 e. The van der Waals surface area contributed by atoms with E-state index < -0.39 is 0 Å². The van der Waals surface area contributed by atoms with E-state index >= 15 is 0 Å². The van der Waals surface area contributed by atoms with Crippen LogP contribution in [0.2, 0.25) is 0 Å². The molecule has 0 radical (unpaired) electrons. The van der Waals surface area contributed by atoms with Gasteiger partial charge in [0.1, 0.15) is 12.2 Å². The van der Waals surface area contributed by atoms with Crippen LogP contribution in [0.3, 0.4) is 0 Å². The Morgan fingerprint density at radius 2 is 2.30 bits per heavy atom. The van der Waals surface area contributed by atoms with E-state index in [1.54, 1.807) is 12.5 Å². The van der Waals surface area contributed by atoms with Crippen LogP contribution < -0.4 is 10.6 Å². The van der Waals surface area contributed by atoms with Gasteiger partial charge in [-0.05, 0) is 25.5 Å². The Hall–Kier alpha value is -2.44. The molecule has 104 valence electrons. The zero-order valence-corrected chi connectivity index (χ0v) is 11.2. The molecular formula is C13H16N6O. The molecule has 1 aliphatic rings. The minimum absolute atomic E-state index is 0.0719. The van der Waals surface area contributed by atoms with Crippen molar-refractivity contribution in [3.63, 3.8) is 0 Å². The van der Waals surface area contributed by atoms with Gasteiger partial charge in [0.05, 0.1) is 24.5 Å². The standard InChI is InChI=1S/C13H16N6O/c1-9-2-3-10(6-14-9)17-13(20)18-11-4-5-12-15-8-16-19(12)7-11/h2-3,6,8,11H,4-5,7H2,1H3,(H2,17,18,20)/t11-/m1/s1. The molecule has 2 N–H and O–H groups in total. The highest BCUT2D eigenvalue weighted by atomic mass is 16.2. The van der Waals surface area contributed by atoms with Gasteiger partial charge in [0, 0.05) is 12.1 Å². The second kappa shape index (κ2) is 5.28. The fraction of sp³-hybridized carbons (Fsp3) is 0.385. The average molecular weight is 272 g/mol. The molecule has 0 fully saturated rings. The molecule has 0 aliphatic carbocycles. The Balaban J connectivity index is 1.56. The maximum atomic E-state index is 11.9. The third-order valence-corrected chi connectivity index (χ3v) is 3.31. The van der Waals surface area contributed by atoms with Gasteiger partial charge in [0.25, 0.3) is 0 Å². The van der Waals surface area contributed by atoms with Crippen LogP contribution in [0.25, 0.3) is 0 Å². The highest BCUT2D eigenvalue weighted by molar-refractivity contribution is 5.89. The number of aryl methyl sites for hydroxylation is 2. The van der Waals surface area contributed by atoms with Gasteiger partial charge in [-0.2, -0.15) is 5.10 Å². The number of amides is 2. The third kappa shape index (κ3) is 2.76. The summed E-state index contributed by atoms with van der Waals surface area (Å²) in [4.78, 5) is 20.2. The molecule has 3 rings (SSSR count). The normalized spacial score (nSPS) is 17.4. The Labute approximate surface area is 116 Å². The summed E-state index contributed by atoms with van der Waals surface area (Å²) in [5, 5.41) is 9.85. The van der Waals surface area contributed by atoms with Gasteiger partial charge in [-0.1, -0.05) is 0 Å². The van der Waals surface area contributed by atoms with Crippen molar-refractivity contribution in [2.75, 3.05) is 5.32 Å². The maximum absolute atomic E-state index is 11.9. The molecule has 7 heteroatoms. The van der Waals surface area contributed by atoms with Gasteiger partial charge in [-0.15, -0.1) is 0 Å². The summed E-state index contributed by atoms with van der Waals surface area (Å²) < 4.78 is 1.84. The van der Waals surface area contributed by atoms with Crippen molar-refractivity contribution in [2.24, 2.45) is 0 Å². The van der Waals surface area contributed by atoms with Crippen molar-refractivity contribution in [1.82, 2.24) is 25.1 Å². The molecule has 2 aromatic rings. The Bertz CT molecular complexity index is 606. The van der Waals surface area contributed by atoms with E-state index in [9.17, 15) is 4.79 Å². The first-order valence-corrected chi connectivity index (χ1v) is 6.57. The highest BCUT2D eigenvalue weighted by Gasteiger charge is 2.21. The summed E-state index contributed by atoms with van der Waals surface area (Å²) in [6.07, 6.45) is 4.90. The predicted molar refractivity (Wildman–Crippen MR) is 73.3 cm³/mol. The van der Waals surface area contributed by atoms with E-state index in [0.717, 1.165) is 24.4 Å². The zero-order chi connectivity index (χ0) is 13.9. The number of urea groups is 1. The van der Waals surface area contributed by atoms with E-state index in [1.807, 2.05) is 23.7 Å². The first-order chi connectivity index (χ1) is 9.70. The smallest absolute Gasteiger partial charge is 0.319 e. The summed E-state index contributed by atoms with van der Waals surface area (Å²) in [6.45, 7) is 2.57. The molecule has 20 heavy (non-hydrogen) atoms. The molecule has 1 aliphatic heterocycles. The van der Waals surface area contributed by atoms with Gasteiger partial charge < -0.3 is 10.6 Å². The SMILES string of the molecule is Cc1ccc(NC(=O)N[C@@H]2CCc3ncnn3C2)cn1. The lowest BCUT2D eigenvalue weighted by Gasteiger charge is -2.23. The summed E-state index contributed by atoms with van der Waals surface area (Å²) in [7, 11) is 0. The van der Waals surface area contributed by atoms with E-state index in [0.29, 0.717) is 12.2 Å². The van der Waals surface area contributed by atoms with Crippen LogP contribution >= 0.6 is 0 Å². The minimum Gasteiger partial charge on any atom is -0.333 e. The molecule has 0 saturated carbocycles. The number of carbonyl (C=O) groups is 1. The molecule has 2 amide bonds. The van der Waals surface area contributed by atoms with Crippen LogP contribution in [0.15, 0.2) is 24.7 Å². The van der Waals surface area contributed by atoms with Crippen molar-refractivity contribution in [2.45, 2.75) is 32.4 Å². The molecule has 7 nitrogen and oxygen atoms in total. The molecule has 0 unspecified atom stereocenters. The number of nitrogens with zero attached hydrogens (tertiary/aromatic N) is 4. The Kier molecular flexibility index (Phi) is 3.32. The molecule has 3 heterocycles. The second-order valence-corrected chi connectivity index (χ2v) is 4.88. The first kappa shape index (κ1) is 12.6. The minimum atomic E-state index is -0.218. The van der Waals surface area contributed by atoms with Crippen LogP contribution in [-0.4, -0.2) is 31.8 Å². The lowest BCUT2D eigenvalue weighted by molar-refractivity contribution is 0.243. The number of fused-ring (bicyclic) bond motifs is 1. The number of pyridine rings is 1. The van der Waals surface area contributed by atoms with Gasteiger partial charge in [-0.25, -0.2) is 14.5 Å². The molecule has 0 aromatic carbocycles. The van der Waals surface area contributed by atoms with E-state index in [-0.39, 0.29) is 12.1 Å². The lowest BCUT2D eigenvalue weighted by Crippen LogP contribution is -2.43. The number of hydrogen-bond donors (Lipinski definition) is 2. The van der Waals surface area contributed by atoms with Gasteiger partial charge in [-0.3, -0.25) is 4.98 Å². The second-order valence-electron chi connectivity index (χ2n) is 4.88. The van der Waals surface area contributed by atoms with Gasteiger partial charge in [0.2, 0.25) is 0 Å². The van der Waals surface area contributed by atoms with Crippen molar-refractivity contribution >= 4 is 11.7 Å². The number of hydrogen-bond acceptors (Lipinski definition) is 4. The highest BCUT2D eigenvalue weighted by Crippen LogP contribution is 2.12. The van der Waals surface area contributed by atoms with E-state index in [2.05, 4.69) is 25.7 Å². The van der Waals surface area contributed by atoms with Crippen LogP contribution in [0.4, 0.5) is 10.5 Å². The van der Waals surface area contributed by atoms with Gasteiger partial charge >= 0.3 is 6.03 Å². The number of nitrogens with one attached hydrogen (secondary N) is 2. The molecule has 0 saturated heterocycles. The number of anilines is 1. The Morgan fingerprint density at radius 3 is 3.10 bits per heavy atom. The van der Waals surface area contributed by atoms with E-state index in [4.69, 9.17) is 0 Å². The molecule has 1 atom stereocenters. The molecular weight excluding hydrogens is 256 g/mol. The van der Waals surface area contributed by atoms with Crippen molar-refractivity contribution in [1.29, 1.82) is 0 Å². The lowest BCUT2D eigenvalue weighted by atomic mass is 10.1. The van der Waals surface area contributed by atoms with Crippen molar-refractivity contribution in [3.05, 3.63) is 36.2 Å². The number of aromatic nitrogens is 4. The van der Waals surface area contributed by atoms with E-state index in [1.165, 1.54) is 0 Å². The van der Waals surface area contributed by atoms with Crippen LogP contribution in [0.1, 0.15) is 17.9 Å². The summed E-state index contributed by atoms with van der Waals surface area (Å²) in [5.41, 5.74) is 1.60. The predicted octanol–water partition coefficient (Wildman–Crippen LogP) is 1.12. The monoisotopic (exact) mass is 272 g/mol. The fourth-order valence-corrected chi connectivity index (χ4v) is 2.25.